The summed E-state index contributed by atoms with van der Waals surface area (Å²) in [6, 6.07) is 4.30. The number of pyridine rings is 2. The second kappa shape index (κ2) is 15.9. The Hall–Kier alpha value is -4.10. The third kappa shape index (κ3) is 9.50. The highest BCUT2D eigenvalue weighted by Gasteiger charge is 2.40. The minimum Gasteiger partial charge on any atom is -0.488 e. The van der Waals surface area contributed by atoms with Gasteiger partial charge in [0.25, 0.3) is 11.8 Å². The van der Waals surface area contributed by atoms with E-state index in [0.717, 1.165) is 36.8 Å². The van der Waals surface area contributed by atoms with Gasteiger partial charge in [0.15, 0.2) is 0 Å². The first kappa shape index (κ1) is 36.7. The number of hydrogen-bond donors (Lipinski definition) is 1. The largest absolute Gasteiger partial charge is 0.488 e. The molecular weight excluding hydrogens is 648 g/mol. The van der Waals surface area contributed by atoms with Crippen molar-refractivity contribution in [2.24, 2.45) is 5.73 Å². The minimum absolute atomic E-state index is 0. The normalized spacial score (nSPS) is 17.3. The maximum Gasteiger partial charge on any atom is 0.306 e. The number of nitrogens with two attached hydrogens (primary N) is 1. The number of fused-ring (bicyclic) bond motifs is 2. The number of halogens is 3. The molecule has 2 aliphatic carbocycles. The highest BCUT2D eigenvalue weighted by molar-refractivity contribution is 5.97. The number of rotatable bonds is 12. The van der Waals surface area contributed by atoms with Crippen molar-refractivity contribution in [3.05, 3.63) is 70.8 Å². The molecule has 4 heterocycles. The molecule has 48 heavy (non-hydrogen) atoms. The van der Waals surface area contributed by atoms with Crippen LogP contribution in [0.15, 0.2) is 48.3 Å². The zero-order chi connectivity index (χ0) is 33.7. The number of amides is 2. The number of ether oxygens (including phenoxy) is 3. The van der Waals surface area contributed by atoms with Crippen molar-refractivity contribution in [3.8, 4) is 11.5 Å². The van der Waals surface area contributed by atoms with Crippen LogP contribution in [0.3, 0.4) is 0 Å². The van der Waals surface area contributed by atoms with E-state index in [1.807, 2.05) is 9.80 Å². The first-order valence-electron chi connectivity index (χ1n) is 15.8. The van der Waals surface area contributed by atoms with Gasteiger partial charge in [-0.15, -0.1) is 12.4 Å². The van der Waals surface area contributed by atoms with E-state index in [0.29, 0.717) is 71.9 Å². The third-order valence-corrected chi connectivity index (χ3v) is 7.96. The number of carbonyl (C=O) groups excluding carboxylic acids is 3. The van der Waals surface area contributed by atoms with Gasteiger partial charge in [-0.2, -0.15) is 0 Å². The van der Waals surface area contributed by atoms with Gasteiger partial charge in [-0.1, -0.05) is 0 Å². The molecule has 0 aromatic carbocycles. The summed E-state index contributed by atoms with van der Waals surface area (Å²) in [5.41, 5.74) is 8.22. The molecule has 2 fully saturated rings. The molecule has 260 valence electrons. The van der Waals surface area contributed by atoms with E-state index in [2.05, 4.69) is 9.97 Å². The monoisotopic (exact) mass is 689 g/mol. The van der Waals surface area contributed by atoms with Gasteiger partial charge < -0.3 is 29.7 Å². The average Bonchev–Trinajstić information content (AvgIpc) is 3.98. The highest BCUT2D eigenvalue weighted by atomic mass is 35.5. The molecule has 2 amide bonds. The van der Waals surface area contributed by atoms with Gasteiger partial charge in [-0.3, -0.25) is 14.4 Å². The summed E-state index contributed by atoms with van der Waals surface area (Å²) < 4.78 is 41.8. The van der Waals surface area contributed by atoms with Crippen LogP contribution >= 0.6 is 12.4 Å². The molecule has 2 aliphatic heterocycles. The van der Waals surface area contributed by atoms with Gasteiger partial charge >= 0.3 is 5.97 Å². The molecule has 0 atom stereocenters. The lowest BCUT2D eigenvalue weighted by Gasteiger charge is -2.19. The molecule has 0 unspecified atom stereocenters. The summed E-state index contributed by atoms with van der Waals surface area (Å²) in [4.78, 5) is 48.2. The standard InChI is InChI=1S/C20H25FN2O4.C14H16FN3O2.ClH/c1-20(2,3)27-17(24)7-4-13(9-21)12-26-16-8-14-11-23(15-5-6-15)19(25)18(14)22-10-16;15-4-9(5-16)8-20-12-3-10-7-18(11-1-2-11)14(19)13(10)17-6-12;/h8-10,15H,4-7,11-12H2,1-3H3;3-4,6,11H,1-2,5,7-8,16H2;1H/b13-9-;9-4-;. The summed E-state index contributed by atoms with van der Waals surface area (Å²) in [5, 5.41) is 0. The van der Waals surface area contributed by atoms with Crippen LogP contribution < -0.4 is 15.2 Å². The SMILES string of the molecule is CC(C)(C)OC(=O)CC/C(=C/F)COc1cnc2c(c1)CN(C1CC1)C2=O.Cl.NC/C(=C/F)COc1cnc2c(c1)CN(C1CC1)C2=O. The lowest BCUT2D eigenvalue weighted by molar-refractivity contribution is -0.154. The van der Waals surface area contributed by atoms with Gasteiger partial charge in [0.05, 0.1) is 25.1 Å². The summed E-state index contributed by atoms with van der Waals surface area (Å²) in [5.74, 6) is 0.610. The summed E-state index contributed by atoms with van der Waals surface area (Å²) in [7, 11) is 0. The maximum absolute atomic E-state index is 13.1. The molecular formula is C34H42ClF2N5O6. The van der Waals surface area contributed by atoms with E-state index in [9.17, 15) is 23.2 Å². The maximum atomic E-state index is 13.1. The van der Waals surface area contributed by atoms with Crippen molar-refractivity contribution in [1.82, 2.24) is 19.8 Å². The molecule has 2 saturated carbocycles. The van der Waals surface area contributed by atoms with Crippen LogP contribution in [-0.2, 0) is 22.6 Å². The van der Waals surface area contributed by atoms with Crippen LogP contribution in [0.1, 0.15) is 91.4 Å². The van der Waals surface area contributed by atoms with Crippen LogP contribution in [0.25, 0.3) is 0 Å². The predicted octanol–water partition coefficient (Wildman–Crippen LogP) is 5.37. The Kier molecular flexibility index (Phi) is 12.1. The number of esters is 1. The Bertz CT molecular complexity index is 1570. The third-order valence-electron chi connectivity index (χ3n) is 7.96. The zero-order valence-corrected chi connectivity index (χ0v) is 28.2. The fourth-order valence-corrected chi connectivity index (χ4v) is 5.21. The molecule has 0 saturated heterocycles. The van der Waals surface area contributed by atoms with Gasteiger partial charge in [0.1, 0.15) is 41.7 Å². The topological polar surface area (TPSA) is 137 Å². The Labute approximate surface area is 284 Å². The van der Waals surface area contributed by atoms with Crippen LogP contribution in [0.2, 0.25) is 0 Å². The predicted molar refractivity (Wildman–Crippen MR) is 175 cm³/mol. The van der Waals surface area contributed by atoms with Crippen molar-refractivity contribution < 1.29 is 37.4 Å². The molecule has 0 spiro atoms. The first-order valence-corrected chi connectivity index (χ1v) is 15.8. The molecule has 2 aromatic heterocycles. The molecule has 4 aliphatic rings. The minimum atomic E-state index is -0.560. The number of nitrogens with zero attached hydrogens (tertiary/aromatic N) is 4. The van der Waals surface area contributed by atoms with Crippen LogP contribution in [-0.4, -0.2) is 75.0 Å². The molecule has 0 radical (unpaired) electrons. The summed E-state index contributed by atoms with van der Waals surface area (Å²) >= 11 is 0. The molecule has 0 bridgehead atoms. The van der Waals surface area contributed by atoms with E-state index in [-0.39, 0.29) is 62.8 Å². The van der Waals surface area contributed by atoms with Crippen molar-refractivity contribution in [2.45, 2.75) is 90.1 Å². The van der Waals surface area contributed by atoms with Crippen molar-refractivity contribution in [3.63, 3.8) is 0 Å². The number of aromatic nitrogens is 2. The van der Waals surface area contributed by atoms with Gasteiger partial charge in [-0.25, -0.2) is 18.7 Å². The Balaban J connectivity index is 0.000000221. The average molecular weight is 690 g/mol. The fraction of sp³-hybridized carbons (Fsp3) is 0.500. The van der Waals surface area contributed by atoms with Crippen LogP contribution in [0.4, 0.5) is 8.78 Å². The van der Waals surface area contributed by atoms with E-state index in [1.54, 1.807) is 32.9 Å². The molecule has 11 nitrogen and oxygen atoms in total. The van der Waals surface area contributed by atoms with Gasteiger partial charge in [0, 0.05) is 54.8 Å². The van der Waals surface area contributed by atoms with E-state index in [1.165, 1.54) is 12.4 Å². The van der Waals surface area contributed by atoms with Crippen LogP contribution in [0.5, 0.6) is 11.5 Å². The molecule has 2 N–H and O–H groups in total. The highest BCUT2D eigenvalue weighted by Crippen LogP contribution is 2.36. The van der Waals surface area contributed by atoms with Crippen molar-refractivity contribution in [1.29, 1.82) is 0 Å². The Morgan fingerprint density at radius 3 is 1.71 bits per heavy atom. The first-order chi connectivity index (χ1) is 22.5. The summed E-state index contributed by atoms with van der Waals surface area (Å²) in [6.45, 7) is 6.72. The lowest BCUT2D eigenvalue weighted by Crippen LogP contribution is -2.26. The van der Waals surface area contributed by atoms with Gasteiger partial charge in [-0.05, 0) is 70.6 Å². The number of carbonyl (C=O) groups is 3. The second-order valence-corrected chi connectivity index (χ2v) is 13.1. The molecule has 6 rings (SSSR count). The second-order valence-electron chi connectivity index (χ2n) is 13.1. The molecule has 14 heteroatoms. The van der Waals surface area contributed by atoms with Crippen molar-refractivity contribution in [2.75, 3.05) is 19.8 Å². The zero-order valence-electron chi connectivity index (χ0n) is 27.4. The van der Waals surface area contributed by atoms with E-state index in [4.69, 9.17) is 19.9 Å². The van der Waals surface area contributed by atoms with Gasteiger partial charge in [0.2, 0.25) is 0 Å². The fourth-order valence-electron chi connectivity index (χ4n) is 5.21. The summed E-state index contributed by atoms with van der Waals surface area (Å²) in [6.07, 6.45) is 8.45. The van der Waals surface area contributed by atoms with E-state index < -0.39 is 5.60 Å². The quantitative estimate of drug-likeness (QED) is 0.292. The number of hydrogen-bond acceptors (Lipinski definition) is 9. The smallest absolute Gasteiger partial charge is 0.306 e. The Morgan fingerprint density at radius 2 is 1.31 bits per heavy atom. The Morgan fingerprint density at radius 1 is 0.854 bits per heavy atom. The molecule has 2 aromatic rings. The van der Waals surface area contributed by atoms with Crippen molar-refractivity contribution >= 4 is 30.2 Å². The van der Waals surface area contributed by atoms with Crippen LogP contribution in [0, 0.1) is 0 Å². The lowest BCUT2D eigenvalue weighted by atomic mass is 10.1. The van der Waals surface area contributed by atoms with E-state index >= 15 is 0 Å².